The molecule has 0 bridgehead atoms. The number of nitrogens with one attached hydrogen (secondary N) is 1. The van der Waals surface area contributed by atoms with E-state index in [1.165, 1.54) is 97.1 Å². The molecule has 2 fully saturated rings. The van der Waals surface area contributed by atoms with Crippen LogP contribution >= 0.6 is 0 Å². The summed E-state index contributed by atoms with van der Waals surface area (Å²) in [5, 5.41) is 0. The molecule has 4 rings (SSSR count). The standard InChI is InChI=1S/C11H23N.C10H21NO.C10H23N.C8H14N2.C8H19N.C7H12N2/c1-11(2,3)7-10-12-8-5-4-6-9-12;1-10(2,3)4-5-11-6-8-12-9-7-11;1-10(2,3)8-6-7-9-11(4)5;1-8(2,3)7-9-5-6-10(7)4;1-8(2,3)6-7-9(4)5;1-7(2,3)6-8-4-5-9-6/h4-10H2,1-3H3;4-9H2,1-3H3;6-9H2,1-5H3;5-6H,1-4H3;6-7H2,1-5H3;4-5H,1-3H3,(H,8,9). The fourth-order valence-corrected chi connectivity index (χ4v) is 6.40. The summed E-state index contributed by atoms with van der Waals surface area (Å²) in [6, 6.07) is 0. The van der Waals surface area contributed by atoms with Gasteiger partial charge in [0.25, 0.3) is 0 Å². The second-order valence-corrected chi connectivity index (χ2v) is 25.7. The van der Waals surface area contributed by atoms with Crippen LogP contribution in [0.5, 0.6) is 0 Å². The van der Waals surface area contributed by atoms with Crippen molar-refractivity contribution in [2.75, 3.05) is 93.8 Å². The smallest absolute Gasteiger partial charge is 0.113 e. The van der Waals surface area contributed by atoms with Gasteiger partial charge < -0.3 is 29.0 Å². The fourth-order valence-electron chi connectivity index (χ4n) is 6.40. The van der Waals surface area contributed by atoms with Crippen molar-refractivity contribution in [3.05, 3.63) is 36.4 Å². The lowest BCUT2D eigenvalue weighted by molar-refractivity contribution is 0.0333. The average Bonchev–Trinajstić information content (AvgIpc) is 3.85. The predicted octanol–water partition coefficient (Wildman–Crippen LogP) is 12.8. The summed E-state index contributed by atoms with van der Waals surface area (Å²) in [5.74, 6) is 2.18. The zero-order chi connectivity index (χ0) is 49.1. The van der Waals surface area contributed by atoms with E-state index in [0.717, 1.165) is 38.0 Å². The quantitative estimate of drug-likeness (QED) is 0.238. The lowest BCUT2D eigenvalue weighted by Gasteiger charge is -2.29. The van der Waals surface area contributed by atoms with Crippen molar-refractivity contribution in [1.29, 1.82) is 0 Å². The van der Waals surface area contributed by atoms with Crippen molar-refractivity contribution >= 4 is 0 Å². The van der Waals surface area contributed by atoms with Crippen LogP contribution in [0, 0.1) is 21.7 Å². The van der Waals surface area contributed by atoms with Gasteiger partial charge in [0.15, 0.2) is 0 Å². The Hall–Kier alpha value is -1.78. The molecule has 0 aromatic carbocycles. The molecule has 0 amide bonds. The summed E-state index contributed by atoms with van der Waals surface area (Å²) in [5.41, 5.74) is 2.31. The van der Waals surface area contributed by atoms with Gasteiger partial charge in [-0.05, 0) is 134 Å². The number of ether oxygens (including phenoxy) is 1. The van der Waals surface area contributed by atoms with Crippen molar-refractivity contribution in [1.82, 2.24) is 39.1 Å². The lowest BCUT2D eigenvalue weighted by atomic mass is 9.90. The number of H-pyrrole nitrogens is 1. The number of hydrogen-bond donors (Lipinski definition) is 1. The summed E-state index contributed by atoms with van der Waals surface area (Å²) < 4.78 is 7.35. The number of aromatic amines is 1. The molecule has 0 atom stereocenters. The molecule has 1 N–H and O–H groups in total. The van der Waals surface area contributed by atoms with E-state index < -0.39 is 0 Å². The molecule has 0 spiro atoms. The Labute approximate surface area is 394 Å². The Bertz CT molecular complexity index is 1280. The fraction of sp³-hybridized carbons (Fsp3) is 0.889. The number of imidazole rings is 2. The zero-order valence-electron chi connectivity index (χ0n) is 46.8. The average molecular weight is 890 g/mol. The van der Waals surface area contributed by atoms with Gasteiger partial charge in [-0.2, -0.15) is 0 Å². The monoisotopic (exact) mass is 889 g/mol. The second-order valence-electron chi connectivity index (χ2n) is 25.7. The third kappa shape index (κ3) is 42.6. The number of unbranched alkanes of at least 4 members (excludes halogenated alkanes) is 1. The number of aromatic nitrogens is 4. The highest BCUT2D eigenvalue weighted by molar-refractivity contribution is 5.03. The van der Waals surface area contributed by atoms with E-state index in [1.807, 2.05) is 25.6 Å². The van der Waals surface area contributed by atoms with E-state index in [4.69, 9.17) is 4.74 Å². The zero-order valence-corrected chi connectivity index (χ0v) is 46.8. The van der Waals surface area contributed by atoms with Crippen LogP contribution in [0.2, 0.25) is 0 Å². The van der Waals surface area contributed by atoms with Crippen LogP contribution in [0.15, 0.2) is 24.8 Å². The first kappa shape index (κ1) is 63.3. The van der Waals surface area contributed by atoms with Gasteiger partial charge in [0.1, 0.15) is 11.6 Å². The summed E-state index contributed by atoms with van der Waals surface area (Å²) in [6.07, 6.45) is 19.7. The molecule has 0 unspecified atom stereocenters. The van der Waals surface area contributed by atoms with E-state index in [-0.39, 0.29) is 10.8 Å². The van der Waals surface area contributed by atoms with Gasteiger partial charge in [-0.1, -0.05) is 137 Å². The SMILES string of the molecule is CC(C)(C)CCN1CCCCC1.CC(C)(C)CCN1CCOCC1.CC(C)(C)c1ncc[nH]1.CN(C)CCC(C)(C)C.CN(C)CCCCC(C)(C)C.Cn1ccnc1C(C)(C)C. The Morgan fingerprint density at radius 1 is 0.540 bits per heavy atom. The molecule has 9 nitrogen and oxygen atoms in total. The first-order valence-corrected chi connectivity index (χ1v) is 24.9. The van der Waals surface area contributed by atoms with Crippen LogP contribution < -0.4 is 0 Å². The summed E-state index contributed by atoms with van der Waals surface area (Å²) in [4.78, 5) is 21.0. The summed E-state index contributed by atoms with van der Waals surface area (Å²) in [7, 11) is 10.5. The maximum atomic E-state index is 5.29. The maximum absolute atomic E-state index is 5.29. The summed E-state index contributed by atoms with van der Waals surface area (Å²) >= 11 is 0. The Kier molecular flexibility index (Phi) is 31.4. The lowest BCUT2D eigenvalue weighted by Crippen LogP contribution is -2.37. The number of aryl methyl sites for hydroxylation is 1. The molecule has 0 radical (unpaired) electrons. The number of likely N-dealkylation sites (tertiary alicyclic amines) is 1. The number of rotatable bonds is 10. The van der Waals surface area contributed by atoms with Crippen molar-refractivity contribution in [2.45, 2.75) is 193 Å². The molecule has 2 aliphatic rings. The molecule has 2 aromatic rings. The van der Waals surface area contributed by atoms with Gasteiger partial charge >= 0.3 is 0 Å². The molecule has 0 saturated carbocycles. The molecule has 2 aliphatic heterocycles. The first-order valence-electron chi connectivity index (χ1n) is 24.9. The third-order valence-corrected chi connectivity index (χ3v) is 10.7. The third-order valence-electron chi connectivity index (χ3n) is 10.7. The van der Waals surface area contributed by atoms with Crippen LogP contribution in [0.1, 0.15) is 194 Å². The molecule has 2 saturated heterocycles. The molecule has 0 aliphatic carbocycles. The minimum atomic E-state index is 0.156. The first-order chi connectivity index (χ1) is 28.6. The number of hydrogen-bond acceptors (Lipinski definition) is 7. The van der Waals surface area contributed by atoms with Gasteiger partial charge in [0, 0.05) is 55.8 Å². The number of nitrogens with zero attached hydrogens (tertiary/aromatic N) is 7. The van der Waals surface area contributed by atoms with Crippen LogP contribution in [-0.2, 0) is 22.6 Å². The minimum absolute atomic E-state index is 0.156. The molecule has 4 heterocycles. The maximum Gasteiger partial charge on any atom is 0.113 e. The van der Waals surface area contributed by atoms with E-state index in [9.17, 15) is 0 Å². The topological polar surface area (TPSA) is 68.7 Å². The van der Waals surface area contributed by atoms with E-state index >= 15 is 0 Å². The highest BCUT2D eigenvalue weighted by Crippen LogP contribution is 2.23. The van der Waals surface area contributed by atoms with Crippen LogP contribution in [0.4, 0.5) is 0 Å². The Morgan fingerprint density at radius 3 is 1.30 bits per heavy atom. The minimum Gasteiger partial charge on any atom is -0.379 e. The van der Waals surface area contributed by atoms with Gasteiger partial charge in [-0.25, -0.2) is 9.97 Å². The van der Waals surface area contributed by atoms with Crippen molar-refractivity contribution in [3.8, 4) is 0 Å². The number of morpholine rings is 1. The van der Waals surface area contributed by atoms with Crippen LogP contribution in [0.25, 0.3) is 0 Å². The predicted molar refractivity (Wildman–Crippen MR) is 279 cm³/mol. The second kappa shape index (κ2) is 31.2. The summed E-state index contributed by atoms with van der Waals surface area (Å²) in [6.45, 7) is 52.3. The van der Waals surface area contributed by atoms with Gasteiger partial charge in [0.05, 0.1) is 13.2 Å². The van der Waals surface area contributed by atoms with Gasteiger partial charge in [-0.3, -0.25) is 4.90 Å². The van der Waals surface area contributed by atoms with Gasteiger partial charge in [0.2, 0.25) is 0 Å². The van der Waals surface area contributed by atoms with Gasteiger partial charge in [-0.15, -0.1) is 0 Å². The Balaban J connectivity index is 0. The molecular formula is C54H112N8O. The molecule has 63 heavy (non-hydrogen) atoms. The van der Waals surface area contributed by atoms with E-state index in [1.54, 1.807) is 6.20 Å². The molecule has 374 valence electrons. The molecule has 2 aromatic heterocycles. The van der Waals surface area contributed by atoms with Crippen molar-refractivity contribution in [2.24, 2.45) is 28.7 Å². The van der Waals surface area contributed by atoms with E-state index in [2.05, 4.69) is 192 Å². The van der Waals surface area contributed by atoms with Crippen LogP contribution in [-0.4, -0.2) is 133 Å². The molecule has 9 heteroatoms. The number of piperidine rings is 1. The highest BCUT2D eigenvalue weighted by Gasteiger charge is 2.19. The van der Waals surface area contributed by atoms with Crippen molar-refractivity contribution < 1.29 is 4.74 Å². The largest absolute Gasteiger partial charge is 0.379 e. The van der Waals surface area contributed by atoms with E-state index in [0.29, 0.717) is 21.7 Å². The normalized spacial score (nSPS) is 15.7. The van der Waals surface area contributed by atoms with Crippen LogP contribution in [0.3, 0.4) is 0 Å². The molecular weight excluding hydrogens is 777 g/mol. The van der Waals surface area contributed by atoms with Crippen molar-refractivity contribution in [3.63, 3.8) is 0 Å². The Morgan fingerprint density at radius 2 is 1.00 bits per heavy atom. The highest BCUT2D eigenvalue weighted by atomic mass is 16.5.